The summed E-state index contributed by atoms with van der Waals surface area (Å²) in [6.45, 7) is 0. The van der Waals surface area contributed by atoms with Crippen LogP contribution in [0.3, 0.4) is 0 Å². The number of thioether (sulfide) groups is 1. The number of hydrogen-bond acceptors (Lipinski definition) is 3. The Hall–Kier alpha value is -1.16. The summed E-state index contributed by atoms with van der Waals surface area (Å²) in [5, 5.41) is 0. The third-order valence-electron chi connectivity index (χ3n) is 2.88. The van der Waals surface area contributed by atoms with Crippen molar-refractivity contribution in [1.29, 1.82) is 0 Å². The van der Waals surface area contributed by atoms with Crippen molar-refractivity contribution in [2.24, 2.45) is 0 Å². The van der Waals surface area contributed by atoms with Gasteiger partial charge < -0.3 is 10.1 Å². The molecule has 1 atom stereocenters. The van der Waals surface area contributed by atoms with Crippen LogP contribution in [0.4, 0.5) is 5.69 Å². The number of imidazole rings is 1. The Labute approximate surface area is 92.7 Å². The Morgan fingerprint density at radius 2 is 2.47 bits per heavy atom. The van der Waals surface area contributed by atoms with Gasteiger partial charge in [0, 0.05) is 24.1 Å². The van der Waals surface area contributed by atoms with Gasteiger partial charge in [0.05, 0.1) is 11.4 Å². The zero-order chi connectivity index (χ0) is 10.3. The van der Waals surface area contributed by atoms with E-state index in [0.717, 1.165) is 11.3 Å². The number of aromatic nitrogens is 2. The van der Waals surface area contributed by atoms with Gasteiger partial charge in [0.25, 0.3) is 0 Å². The van der Waals surface area contributed by atoms with Gasteiger partial charge >= 0.3 is 0 Å². The van der Waals surface area contributed by atoms with E-state index in [1.54, 1.807) is 0 Å². The highest BCUT2D eigenvalue weighted by molar-refractivity contribution is 7.99. The molecular formula is C11H13N3S. The largest absolute Gasteiger partial charge is 0.396 e. The molecule has 1 fully saturated rings. The molecule has 1 aliphatic heterocycles. The summed E-state index contributed by atoms with van der Waals surface area (Å²) in [4.78, 5) is 4.62. The van der Waals surface area contributed by atoms with Crippen molar-refractivity contribution in [2.45, 2.75) is 12.3 Å². The molecule has 0 amide bonds. The summed E-state index contributed by atoms with van der Waals surface area (Å²) >= 11 is 2.01. The second kappa shape index (κ2) is 3.45. The number of nitrogen functional groups attached to an aromatic ring is 1. The zero-order valence-corrected chi connectivity index (χ0v) is 9.20. The van der Waals surface area contributed by atoms with Crippen LogP contribution in [0.2, 0.25) is 0 Å². The van der Waals surface area contributed by atoms with E-state index >= 15 is 0 Å². The second-order valence-electron chi connectivity index (χ2n) is 3.92. The summed E-state index contributed by atoms with van der Waals surface area (Å²) in [5.41, 5.74) is 8.72. The molecule has 3 heterocycles. The van der Waals surface area contributed by atoms with Gasteiger partial charge in [0.15, 0.2) is 5.65 Å². The molecule has 0 saturated carbocycles. The lowest BCUT2D eigenvalue weighted by molar-refractivity contribution is 0.759. The summed E-state index contributed by atoms with van der Waals surface area (Å²) < 4.78 is 2.02. The van der Waals surface area contributed by atoms with E-state index in [1.165, 1.54) is 23.6 Å². The molecule has 15 heavy (non-hydrogen) atoms. The van der Waals surface area contributed by atoms with Crippen molar-refractivity contribution >= 4 is 23.1 Å². The molecule has 1 unspecified atom stereocenters. The summed E-state index contributed by atoms with van der Waals surface area (Å²) in [6, 6.07) is 3.85. The summed E-state index contributed by atoms with van der Waals surface area (Å²) in [6.07, 6.45) is 5.36. The average Bonchev–Trinajstić information content (AvgIpc) is 2.86. The lowest BCUT2D eigenvalue weighted by atomic mass is 10.1. The number of hydrogen-bond donors (Lipinski definition) is 1. The molecule has 2 aromatic rings. The van der Waals surface area contributed by atoms with E-state index < -0.39 is 0 Å². The molecule has 3 rings (SSSR count). The fraction of sp³-hybridized carbons (Fsp3) is 0.364. The lowest BCUT2D eigenvalue weighted by Gasteiger charge is -2.01. The number of nitrogens with zero attached hydrogens (tertiary/aromatic N) is 2. The highest BCUT2D eigenvalue weighted by atomic mass is 32.2. The molecule has 2 aromatic heterocycles. The van der Waals surface area contributed by atoms with Gasteiger partial charge in [0.2, 0.25) is 0 Å². The SMILES string of the molecule is Nc1cccn2cc(C3CCSC3)nc12. The third-order valence-corrected chi connectivity index (χ3v) is 4.04. The number of nitrogens with two attached hydrogens (primary N) is 1. The van der Waals surface area contributed by atoms with E-state index in [2.05, 4.69) is 11.2 Å². The number of anilines is 1. The van der Waals surface area contributed by atoms with Crippen molar-refractivity contribution < 1.29 is 0 Å². The Morgan fingerprint density at radius 3 is 3.20 bits per heavy atom. The predicted octanol–water partition coefficient (Wildman–Crippen LogP) is 2.14. The van der Waals surface area contributed by atoms with Crippen LogP contribution >= 0.6 is 11.8 Å². The molecular weight excluding hydrogens is 206 g/mol. The van der Waals surface area contributed by atoms with Crippen LogP contribution in [-0.4, -0.2) is 20.9 Å². The highest BCUT2D eigenvalue weighted by Crippen LogP contribution is 2.32. The van der Waals surface area contributed by atoms with Crippen molar-refractivity contribution in [3.05, 3.63) is 30.2 Å². The molecule has 0 spiro atoms. The maximum atomic E-state index is 5.88. The summed E-state index contributed by atoms with van der Waals surface area (Å²) in [7, 11) is 0. The first-order chi connectivity index (χ1) is 7.34. The van der Waals surface area contributed by atoms with Gasteiger partial charge in [0.1, 0.15) is 0 Å². The maximum absolute atomic E-state index is 5.88. The molecule has 4 heteroatoms. The minimum absolute atomic E-state index is 0.620. The van der Waals surface area contributed by atoms with Crippen LogP contribution in [0.15, 0.2) is 24.5 Å². The quantitative estimate of drug-likeness (QED) is 0.799. The fourth-order valence-electron chi connectivity index (χ4n) is 2.02. The normalized spacial score (nSPS) is 21.2. The molecule has 0 aliphatic carbocycles. The molecule has 1 saturated heterocycles. The number of pyridine rings is 1. The second-order valence-corrected chi connectivity index (χ2v) is 5.07. The molecule has 78 valence electrons. The van der Waals surface area contributed by atoms with Crippen LogP contribution < -0.4 is 5.73 Å². The predicted molar refractivity (Wildman–Crippen MR) is 64.3 cm³/mol. The van der Waals surface area contributed by atoms with Gasteiger partial charge in [-0.15, -0.1) is 0 Å². The summed E-state index contributed by atoms with van der Waals surface area (Å²) in [5.74, 6) is 3.08. The molecule has 0 aromatic carbocycles. The smallest absolute Gasteiger partial charge is 0.160 e. The monoisotopic (exact) mass is 219 g/mol. The van der Waals surface area contributed by atoms with E-state index in [9.17, 15) is 0 Å². The number of rotatable bonds is 1. The van der Waals surface area contributed by atoms with Gasteiger partial charge in [-0.3, -0.25) is 0 Å². The molecule has 0 bridgehead atoms. The van der Waals surface area contributed by atoms with Crippen LogP contribution in [0.25, 0.3) is 5.65 Å². The first-order valence-electron chi connectivity index (χ1n) is 5.15. The van der Waals surface area contributed by atoms with Crippen molar-refractivity contribution in [3.8, 4) is 0 Å². The Morgan fingerprint density at radius 1 is 1.53 bits per heavy atom. The standard InChI is InChI=1S/C11H13N3S/c12-9-2-1-4-14-6-10(13-11(9)14)8-3-5-15-7-8/h1-2,4,6,8H,3,5,7,12H2. The Kier molecular flexibility index (Phi) is 2.09. The van der Waals surface area contributed by atoms with Crippen LogP contribution in [-0.2, 0) is 0 Å². The first kappa shape index (κ1) is 9.09. The van der Waals surface area contributed by atoms with Crippen LogP contribution in [0.5, 0.6) is 0 Å². The fourth-order valence-corrected chi connectivity index (χ4v) is 3.26. The van der Waals surface area contributed by atoms with Gasteiger partial charge in [-0.2, -0.15) is 11.8 Å². The topological polar surface area (TPSA) is 43.3 Å². The average molecular weight is 219 g/mol. The maximum Gasteiger partial charge on any atom is 0.160 e. The van der Waals surface area contributed by atoms with E-state index in [-0.39, 0.29) is 0 Å². The lowest BCUT2D eigenvalue weighted by Crippen LogP contribution is -1.95. The van der Waals surface area contributed by atoms with E-state index in [1.807, 2.05) is 34.5 Å². The van der Waals surface area contributed by atoms with Crippen molar-refractivity contribution in [3.63, 3.8) is 0 Å². The molecule has 0 radical (unpaired) electrons. The number of fused-ring (bicyclic) bond motifs is 1. The Balaban J connectivity index is 2.09. The van der Waals surface area contributed by atoms with Crippen molar-refractivity contribution in [2.75, 3.05) is 17.2 Å². The van der Waals surface area contributed by atoms with E-state index in [0.29, 0.717) is 5.92 Å². The minimum atomic E-state index is 0.620. The third kappa shape index (κ3) is 1.49. The molecule has 3 nitrogen and oxygen atoms in total. The van der Waals surface area contributed by atoms with Crippen molar-refractivity contribution in [1.82, 2.24) is 9.38 Å². The van der Waals surface area contributed by atoms with Gasteiger partial charge in [-0.05, 0) is 24.3 Å². The molecule has 2 N–H and O–H groups in total. The minimum Gasteiger partial charge on any atom is -0.396 e. The molecule has 1 aliphatic rings. The van der Waals surface area contributed by atoms with E-state index in [4.69, 9.17) is 5.73 Å². The zero-order valence-electron chi connectivity index (χ0n) is 8.39. The van der Waals surface area contributed by atoms with Crippen LogP contribution in [0, 0.1) is 0 Å². The first-order valence-corrected chi connectivity index (χ1v) is 6.31. The van der Waals surface area contributed by atoms with Crippen LogP contribution in [0.1, 0.15) is 18.0 Å². The van der Waals surface area contributed by atoms with Gasteiger partial charge in [-0.1, -0.05) is 0 Å². The van der Waals surface area contributed by atoms with Gasteiger partial charge in [-0.25, -0.2) is 4.98 Å². The highest BCUT2D eigenvalue weighted by Gasteiger charge is 2.20. The Bertz CT molecular complexity index is 486.